The first-order valence-corrected chi connectivity index (χ1v) is 8.96. The van der Waals surface area contributed by atoms with Crippen LogP contribution >= 0.6 is 0 Å². The Morgan fingerprint density at radius 1 is 1.00 bits per heavy atom. The van der Waals surface area contributed by atoms with Gasteiger partial charge in [0, 0.05) is 36.6 Å². The van der Waals surface area contributed by atoms with Crippen LogP contribution in [0.25, 0.3) is 0 Å². The van der Waals surface area contributed by atoms with Crippen molar-refractivity contribution in [3.8, 4) is 0 Å². The summed E-state index contributed by atoms with van der Waals surface area (Å²) in [7, 11) is 0. The summed E-state index contributed by atoms with van der Waals surface area (Å²) < 4.78 is 0. The van der Waals surface area contributed by atoms with Crippen LogP contribution in [0.3, 0.4) is 0 Å². The van der Waals surface area contributed by atoms with Crippen molar-refractivity contribution in [3.63, 3.8) is 0 Å². The minimum Gasteiger partial charge on any atom is -0.340 e. The second-order valence-electron chi connectivity index (χ2n) is 6.51. The fourth-order valence-corrected chi connectivity index (χ4v) is 3.26. The van der Waals surface area contributed by atoms with E-state index in [1.807, 2.05) is 36.4 Å². The maximum Gasteiger partial charge on any atom is 0.277 e. The van der Waals surface area contributed by atoms with Gasteiger partial charge in [-0.1, -0.05) is 24.3 Å². The second kappa shape index (κ2) is 7.48. The molecule has 2 amide bonds. The number of nitrogens with zero attached hydrogens (tertiary/aromatic N) is 3. The van der Waals surface area contributed by atoms with E-state index in [-0.39, 0.29) is 11.8 Å². The first-order chi connectivity index (χ1) is 13.6. The summed E-state index contributed by atoms with van der Waals surface area (Å²) in [5.41, 5.74) is 3.85. The molecule has 2 N–H and O–H groups in total. The van der Waals surface area contributed by atoms with E-state index in [9.17, 15) is 9.59 Å². The predicted molar refractivity (Wildman–Crippen MR) is 108 cm³/mol. The normalized spacial score (nSPS) is 12.4. The van der Waals surface area contributed by atoms with Crippen LogP contribution in [0.15, 0.2) is 60.9 Å². The van der Waals surface area contributed by atoms with Gasteiger partial charge in [-0.3, -0.25) is 9.59 Å². The van der Waals surface area contributed by atoms with Crippen molar-refractivity contribution in [2.75, 3.05) is 22.1 Å². The number of hydrogen-bond donors (Lipinski definition) is 2. The Hall–Kier alpha value is -3.74. The molecule has 28 heavy (non-hydrogen) atoms. The lowest BCUT2D eigenvalue weighted by molar-refractivity contribution is -0.114. The van der Waals surface area contributed by atoms with Gasteiger partial charge in [0.2, 0.25) is 5.91 Å². The van der Waals surface area contributed by atoms with Crippen molar-refractivity contribution in [1.82, 2.24) is 9.97 Å². The maximum absolute atomic E-state index is 13.0. The molecule has 2 aromatic carbocycles. The molecule has 1 aliphatic rings. The minimum absolute atomic E-state index is 0.141. The lowest BCUT2D eigenvalue weighted by Gasteiger charge is -2.17. The van der Waals surface area contributed by atoms with Gasteiger partial charge in [-0.05, 0) is 36.2 Å². The highest BCUT2D eigenvalue weighted by Crippen LogP contribution is 2.29. The molecule has 7 heteroatoms. The summed E-state index contributed by atoms with van der Waals surface area (Å²) >= 11 is 0. The molecule has 0 spiro atoms. The second-order valence-corrected chi connectivity index (χ2v) is 6.51. The molecule has 0 bridgehead atoms. The van der Waals surface area contributed by atoms with E-state index in [1.54, 1.807) is 23.1 Å². The van der Waals surface area contributed by atoms with E-state index in [1.165, 1.54) is 13.3 Å². The number of anilines is 4. The molecule has 0 fully saturated rings. The average molecular weight is 373 g/mol. The van der Waals surface area contributed by atoms with Crippen LogP contribution < -0.4 is 15.5 Å². The lowest BCUT2D eigenvalue weighted by atomic mass is 10.2. The van der Waals surface area contributed by atoms with Crippen molar-refractivity contribution in [2.24, 2.45) is 0 Å². The predicted octanol–water partition coefficient (Wildman–Crippen LogP) is 3.38. The number of hydrogen-bond acceptors (Lipinski definition) is 5. The largest absolute Gasteiger partial charge is 0.340 e. The quantitative estimate of drug-likeness (QED) is 0.732. The first-order valence-electron chi connectivity index (χ1n) is 8.96. The highest BCUT2D eigenvalue weighted by Gasteiger charge is 2.26. The third-order valence-electron chi connectivity index (χ3n) is 4.47. The van der Waals surface area contributed by atoms with Gasteiger partial charge in [-0.25, -0.2) is 9.97 Å². The van der Waals surface area contributed by atoms with Gasteiger partial charge in [-0.2, -0.15) is 0 Å². The van der Waals surface area contributed by atoms with Crippen LogP contribution in [-0.4, -0.2) is 28.3 Å². The standard InChI is InChI=1S/C21H19N5O2/c1-14(27)24-16-6-4-7-17(11-16)25-20-12-18(22-13-23-20)21(28)26-10-9-15-5-2-3-8-19(15)26/h2-8,11-13H,9-10H2,1H3,(H,24,27)(H,22,23,25). The maximum atomic E-state index is 13.0. The number of aromatic nitrogens is 2. The Balaban J connectivity index is 1.54. The van der Waals surface area contributed by atoms with Crippen molar-refractivity contribution in [2.45, 2.75) is 13.3 Å². The molecule has 0 saturated heterocycles. The third-order valence-corrected chi connectivity index (χ3v) is 4.47. The number of carbonyl (C=O) groups excluding carboxylic acids is 2. The molecule has 0 aliphatic carbocycles. The number of nitrogens with one attached hydrogen (secondary N) is 2. The van der Waals surface area contributed by atoms with E-state index in [0.29, 0.717) is 23.7 Å². The molecule has 0 unspecified atom stereocenters. The zero-order chi connectivity index (χ0) is 19.5. The molecule has 7 nitrogen and oxygen atoms in total. The number of fused-ring (bicyclic) bond motifs is 1. The van der Waals surface area contributed by atoms with Gasteiger partial charge in [0.1, 0.15) is 17.8 Å². The number of carbonyl (C=O) groups is 2. The highest BCUT2D eigenvalue weighted by atomic mass is 16.2. The fourth-order valence-electron chi connectivity index (χ4n) is 3.26. The van der Waals surface area contributed by atoms with Crippen molar-refractivity contribution in [1.29, 1.82) is 0 Å². The Morgan fingerprint density at radius 3 is 2.68 bits per heavy atom. The summed E-state index contributed by atoms with van der Waals surface area (Å²) in [6, 6.07) is 16.8. The van der Waals surface area contributed by atoms with Crippen LogP contribution in [0.4, 0.5) is 22.9 Å². The number of benzene rings is 2. The highest BCUT2D eigenvalue weighted by molar-refractivity contribution is 6.06. The van der Waals surface area contributed by atoms with Gasteiger partial charge in [0.05, 0.1) is 0 Å². The molecular weight excluding hydrogens is 354 g/mol. The van der Waals surface area contributed by atoms with Crippen LogP contribution in [0.5, 0.6) is 0 Å². The van der Waals surface area contributed by atoms with Crippen LogP contribution in [0, 0.1) is 0 Å². The van der Waals surface area contributed by atoms with E-state index < -0.39 is 0 Å². The van der Waals surface area contributed by atoms with Gasteiger partial charge >= 0.3 is 0 Å². The minimum atomic E-state index is -0.151. The Bertz CT molecular complexity index is 1050. The molecule has 1 aliphatic heterocycles. The smallest absolute Gasteiger partial charge is 0.277 e. The molecular formula is C21H19N5O2. The SMILES string of the molecule is CC(=O)Nc1cccc(Nc2cc(C(=O)N3CCc4ccccc43)ncn2)c1. The first kappa shape index (κ1) is 17.7. The zero-order valence-corrected chi connectivity index (χ0v) is 15.3. The van der Waals surface area contributed by atoms with Crippen LogP contribution in [0.1, 0.15) is 23.0 Å². The number of rotatable bonds is 4. The van der Waals surface area contributed by atoms with Gasteiger partial charge < -0.3 is 15.5 Å². The molecule has 2 heterocycles. The summed E-state index contributed by atoms with van der Waals surface area (Å²) in [5, 5.41) is 5.88. The summed E-state index contributed by atoms with van der Waals surface area (Å²) in [4.78, 5) is 34.3. The van der Waals surface area contributed by atoms with Crippen molar-refractivity contribution in [3.05, 3.63) is 72.2 Å². The Morgan fingerprint density at radius 2 is 1.82 bits per heavy atom. The average Bonchev–Trinajstić information content (AvgIpc) is 3.11. The monoisotopic (exact) mass is 373 g/mol. The van der Waals surface area contributed by atoms with Crippen molar-refractivity contribution >= 4 is 34.7 Å². The molecule has 0 radical (unpaired) electrons. The summed E-state index contributed by atoms with van der Waals surface area (Å²) in [5.74, 6) is 0.214. The van der Waals surface area contributed by atoms with Gasteiger partial charge in [-0.15, -0.1) is 0 Å². The molecule has 1 aromatic heterocycles. The molecule has 3 aromatic rings. The number of para-hydroxylation sites is 1. The topological polar surface area (TPSA) is 87.2 Å². The van der Waals surface area contributed by atoms with Crippen LogP contribution in [0.2, 0.25) is 0 Å². The lowest BCUT2D eigenvalue weighted by Crippen LogP contribution is -2.29. The van der Waals surface area contributed by atoms with E-state index >= 15 is 0 Å². The zero-order valence-electron chi connectivity index (χ0n) is 15.3. The fraction of sp³-hybridized carbons (Fsp3) is 0.143. The van der Waals surface area contributed by atoms with E-state index in [0.717, 1.165) is 23.4 Å². The van der Waals surface area contributed by atoms with E-state index in [4.69, 9.17) is 0 Å². The van der Waals surface area contributed by atoms with Crippen LogP contribution in [-0.2, 0) is 11.2 Å². The van der Waals surface area contributed by atoms with E-state index in [2.05, 4.69) is 20.6 Å². The molecule has 140 valence electrons. The summed E-state index contributed by atoms with van der Waals surface area (Å²) in [6.07, 6.45) is 2.21. The van der Waals surface area contributed by atoms with Gasteiger partial charge in [0.15, 0.2) is 0 Å². The molecule has 0 atom stereocenters. The van der Waals surface area contributed by atoms with Gasteiger partial charge in [0.25, 0.3) is 5.91 Å². The molecule has 4 rings (SSSR count). The molecule has 0 saturated carbocycles. The summed E-state index contributed by atoms with van der Waals surface area (Å²) in [6.45, 7) is 2.10. The Kier molecular flexibility index (Phi) is 4.72. The van der Waals surface area contributed by atoms with Crippen molar-refractivity contribution < 1.29 is 9.59 Å². The Labute approximate surface area is 162 Å². The third kappa shape index (κ3) is 3.68. The number of amides is 2.